The second-order valence-corrected chi connectivity index (χ2v) is 3.91. The van der Waals surface area contributed by atoms with Crippen LogP contribution in [-0.2, 0) is 11.3 Å². The van der Waals surface area contributed by atoms with Crippen molar-refractivity contribution in [1.29, 1.82) is 0 Å². The quantitative estimate of drug-likeness (QED) is 0.758. The largest absolute Gasteiger partial charge is 0.464 e. The summed E-state index contributed by atoms with van der Waals surface area (Å²) in [5.41, 5.74) is 2.73. The number of aryl methyl sites for hydroxylation is 1. The van der Waals surface area contributed by atoms with Gasteiger partial charge in [0.25, 0.3) is 0 Å². The highest BCUT2D eigenvalue weighted by Crippen LogP contribution is 2.06. The Balaban J connectivity index is 2.11. The van der Waals surface area contributed by atoms with Crippen molar-refractivity contribution in [2.45, 2.75) is 13.5 Å². The molecule has 0 saturated carbocycles. The van der Waals surface area contributed by atoms with Crippen molar-refractivity contribution < 1.29 is 9.53 Å². The standard InChI is InChI=1S/C13H14N2O2/c1-10-3-5-11(6-4-10)7-15-8-12(14-9-15)13(16)17-2/h3-6,8-9H,7H2,1-2H3. The minimum atomic E-state index is -0.410. The lowest BCUT2D eigenvalue weighted by molar-refractivity contribution is 0.0594. The molecule has 0 aliphatic carbocycles. The first-order valence-electron chi connectivity index (χ1n) is 5.34. The Kier molecular flexibility index (Phi) is 3.23. The summed E-state index contributed by atoms with van der Waals surface area (Å²) in [6.07, 6.45) is 3.32. The van der Waals surface area contributed by atoms with Crippen LogP contribution >= 0.6 is 0 Å². The fourth-order valence-corrected chi connectivity index (χ4v) is 1.56. The monoisotopic (exact) mass is 230 g/mol. The van der Waals surface area contributed by atoms with Gasteiger partial charge in [0.2, 0.25) is 0 Å². The summed E-state index contributed by atoms with van der Waals surface area (Å²) in [6, 6.07) is 8.25. The number of benzene rings is 1. The molecule has 4 nitrogen and oxygen atoms in total. The number of hydrogen-bond acceptors (Lipinski definition) is 3. The normalized spacial score (nSPS) is 10.2. The zero-order valence-electron chi connectivity index (χ0n) is 9.88. The SMILES string of the molecule is COC(=O)c1cn(Cc2ccc(C)cc2)cn1. The summed E-state index contributed by atoms with van der Waals surface area (Å²) < 4.78 is 6.46. The van der Waals surface area contributed by atoms with Crippen molar-refractivity contribution in [3.8, 4) is 0 Å². The molecule has 0 N–H and O–H groups in total. The average molecular weight is 230 g/mol. The van der Waals surface area contributed by atoms with E-state index in [0.717, 1.165) is 0 Å². The van der Waals surface area contributed by atoms with E-state index in [4.69, 9.17) is 0 Å². The summed E-state index contributed by atoms with van der Waals surface area (Å²) in [7, 11) is 1.35. The van der Waals surface area contributed by atoms with E-state index in [2.05, 4.69) is 40.9 Å². The van der Waals surface area contributed by atoms with Crippen molar-refractivity contribution in [3.63, 3.8) is 0 Å². The summed E-state index contributed by atoms with van der Waals surface area (Å²) in [5.74, 6) is -0.410. The first kappa shape index (κ1) is 11.4. The number of carbonyl (C=O) groups is 1. The van der Waals surface area contributed by atoms with Crippen LogP contribution in [0.2, 0.25) is 0 Å². The third-order valence-corrected chi connectivity index (χ3v) is 2.51. The predicted molar refractivity (Wildman–Crippen MR) is 63.8 cm³/mol. The summed E-state index contributed by atoms with van der Waals surface area (Å²) in [5, 5.41) is 0. The molecular formula is C13H14N2O2. The van der Waals surface area contributed by atoms with Crippen LogP contribution in [0.15, 0.2) is 36.8 Å². The lowest BCUT2D eigenvalue weighted by Crippen LogP contribution is -2.01. The van der Waals surface area contributed by atoms with E-state index in [1.807, 2.05) is 4.57 Å². The molecule has 17 heavy (non-hydrogen) atoms. The van der Waals surface area contributed by atoms with Crippen molar-refractivity contribution in [3.05, 3.63) is 53.6 Å². The summed E-state index contributed by atoms with van der Waals surface area (Å²) in [6.45, 7) is 2.75. The number of methoxy groups -OCH3 is 1. The van der Waals surface area contributed by atoms with Crippen LogP contribution in [0.4, 0.5) is 0 Å². The molecule has 0 aliphatic rings. The molecule has 2 rings (SSSR count). The van der Waals surface area contributed by atoms with Gasteiger partial charge in [-0.05, 0) is 12.5 Å². The van der Waals surface area contributed by atoms with Crippen LogP contribution in [-0.4, -0.2) is 22.6 Å². The van der Waals surface area contributed by atoms with Crippen LogP contribution in [0.3, 0.4) is 0 Å². The molecule has 0 radical (unpaired) electrons. The Hall–Kier alpha value is -2.10. The van der Waals surface area contributed by atoms with Crippen molar-refractivity contribution in [1.82, 2.24) is 9.55 Å². The molecule has 1 heterocycles. The molecular weight excluding hydrogens is 216 g/mol. The molecule has 0 spiro atoms. The third-order valence-electron chi connectivity index (χ3n) is 2.51. The van der Waals surface area contributed by atoms with Crippen LogP contribution in [0, 0.1) is 6.92 Å². The lowest BCUT2D eigenvalue weighted by atomic mass is 10.1. The predicted octanol–water partition coefficient (Wildman–Crippen LogP) is 2.03. The number of aromatic nitrogens is 2. The fraction of sp³-hybridized carbons (Fsp3) is 0.231. The zero-order chi connectivity index (χ0) is 12.3. The molecule has 1 aromatic heterocycles. The number of carbonyl (C=O) groups excluding carboxylic acids is 1. The number of imidazole rings is 1. The van der Waals surface area contributed by atoms with Gasteiger partial charge in [0.1, 0.15) is 0 Å². The Morgan fingerprint density at radius 3 is 2.71 bits per heavy atom. The topological polar surface area (TPSA) is 44.1 Å². The second kappa shape index (κ2) is 4.82. The minimum absolute atomic E-state index is 0.333. The Bertz CT molecular complexity index is 514. The van der Waals surface area contributed by atoms with E-state index in [9.17, 15) is 4.79 Å². The van der Waals surface area contributed by atoms with Gasteiger partial charge in [-0.25, -0.2) is 9.78 Å². The Morgan fingerprint density at radius 2 is 2.06 bits per heavy atom. The Labute approximate surface area is 99.9 Å². The molecule has 0 atom stereocenters. The number of nitrogens with zero attached hydrogens (tertiary/aromatic N) is 2. The maximum absolute atomic E-state index is 11.2. The van der Waals surface area contributed by atoms with Crippen molar-refractivity contribution in [2.24, 2.45) is 0 Å². The zero-order valence-corrected chi connectivity index (χ0v) is 9.88. The highest BCUT2D eigenvalue weighted by atomic mass is 16.5. The first-order chi connectivity index (χ1) is 8.19. The number of esters is 1. The van der Waals surface area contributed by atoms with Crippen LogP contribution in [0.25, 0.3) is 0 Å². The smallest absolute Gasteiger partial charge is 0.358 e. The summed E-state index contributed by atoms with van der Waals surface area (Å²) in [4.78, 5) is 15.2. The lowest BCUT2D eigenvalue weighted by Gasteiger charge is -2.02. The van der Waals surface area contributed by atoms with Gasteiger partial charge in [0, 0.05) is 12.7 Å². The van der Waals surface area contributed by atoms with Gasteiger partial charge in [-0.3, -0.25) is 0 Å². The van der Waals surface area contributed by atoms with Gasteiger partial charge in [-0.15, -0.1) is 0 Å². The van der Waals surface area contributed by atoms with Crippen molar-refractivity contribution in [2.75, 3.05) is 7.11 Å². The molecule has 0 aliphatic heterocycles. The van der Waals surface area contributed by atoms with Gasteiger partial charge < -0.3 is 9.30 Å². The molecule has 1 aromatic carbocycles. The van der Waals surface area contributed by atoms with Crippen LogP contribution in [0.1, 0.15) is 21.6 Å². The van der Waals surface area contributed by atoms with Crippen LogP contribution < -0.4 is 0 Å². The molecule has 0 bridgehead atoms. The van der Waals surface area contributed by atoms with Gasteiger partial charge in [-0.1, -0.05) is 29.8 Å². The van der Waals surface area contributed by atoms with E-state index in [1.54, 1.807) is 12.5 Å². The maximum Gasteiger partial charge on any atom is 0.358 e. The molecule has 0 saturated heterocycles. The van der Waals surface area contributed by atoms with E-state index in [1.165, 1.54) is 18.2 Å². The fourth-order valence-electron chi connectivity index (χ4n) is 1.56. The molecule has 0 amide bonds. The summed E-state index contributed by atoms with van der Waals surface area (Å²) >= 11 is 0. The van der Waals surface area contributed by atoms with Gasteiger partial charge in [0.05, 0.1) is 13.4 Å². The number of rotatable bonds is 3. The molecule has 2 aromatic rings. The Morgan fingerprint density at radius 1 is 1.35 bits per heavy atom. The minimum Gasteiger partial charge on any atom is -0.464 e. The van der Waals surface area contributed by atoms with Crippen LogP contribution in [0.5, 0.6) is 0 Å². The highest BCUT2D eigenvalue weighted by Gasteiger charge is 2.08. The molecule has 88 valence electrons. The van der Waals surface area contributed by atoms with Crippen molar-refractivity contribution >= 4 is 5.97 Å². The van der Waals surface area contributed by atoms with Gasteiger partial charge >= 0.3 is 5.97 Å². The highest BCUT2D eigenvalue weighted by molar-refractivity contribution is 5.86. The average Bonchev–Trinajstić information content (AvgIpc) is 2.80. The molecule has 0 fully saturated rings. The maximum atomic E-state index is 11.2. The number of hydrogen-bond donors (Lipinski definition) is 0. The van der Waals surface area contributed by atoms with E-state index >= 15 is 0 Å². The van der Waals surface area contributed by atoms with E-state index in [0.29, 0.717) is 12.2 Å². The molecule has 4 heteroatoms. The van der Waals surface area contributed by atoms with E-state index in [-0.39, 0.29) is 0 Å². The second-order valence-electron chi connectivity index (χ2n) is 3.91. The number of ether oxygens (including phenoxy) is 1. The molecule has 0 unspecified atom stereocenters. The van der Waals surface area contributed by atoms with Gasteiger partial charge in [0.15, 0.2) is 5.69 Å². The first-order valence-corrected chi connectivity index (χ1v) is 5.34. The van der Waals surface area contributed by atoms with Gasteiger partial charge in [-0.2, -0.15) is 0 Å². The van der Waals surface area contributed by atoms with E-state index < -0.39 is 5.97 Å². The third kappa shape index (κ3) is 2.72.